The maximum Gasteiger partial charge on any atom is 0.469 e. The van der Waals surface area contributed by atoms with Crippen molar-refractivity contribution in [3.63, 3.8) is 0 Å². The third kappa shape index (κ3) is 6.57. The van der Waals surface area contributed by atoms with E-state index in [0.717, 1.165) is 4.57 Å². The highest BCUT2D eigenvalue weighted by Gasteiger charge is 2.42. The lowest BCUT2D eigenvalue weighted by Crippen LogP contribution is -2.28. The topological polar surface area (TPSA) is 262 Å². The van der Waals surface area contributed by atoms with Crippen LogP contribution in [-0.4, -0.2) is 75.3 Å². The third-order valence-electron chi connectivity index (χ3n) is 6.64. The molecule has 0 aromatic carbocycles. The van der Waals surface area contributed by atoms with Crippen LogP contribution in [0.5, 0.6) is 0 Å². The average molecular weight is 602 g/mol. The Hall–Kier alpha value is -2.79. The molecule has 2 aliphatic rings. The number of phosphoric acid groups is 1. The number of imidazole rings is 1. The summed E-state index contributed by atoms with van der Waals surface area (Å²) in [5.74, 6) is -0.514. The fourth-order valence-electron chi connectivity index (χ4n) is 4.78. The number of ether oxygens (including phenoxy) is 2. The van der Waals surface area contributed by atoms with E-state index in [1.54, 1.807) is 10.9 Å². The van der Waals surface area contributed by atoms with Crippen LogP contribution in [0, 0.1) is 5.92 Å². The average Bonchev–Trinajstić information content (AvgIpc) is 3.60. The summed E-state index contributed by atoms with van der Waals surface area (Å²) in [7, 11) is -9.10. The minimum Gasteiger partial charge on any atom is -0.383 e. The second-order valence-corrected chi connectivity index (χ2v) is 12.6. The Morgan fingerprint density at radius 3 is 2.58 bits per heavy atom. The van der Waals surface area contributed by atoms with Crippen molar-refractivity contribution in [1.82, 2.24) is 29.1 Å². The molecule has 3 aromatic heterocycles. The van der Waals surface area contributed by atoms with E-state index < -0.39 is 64.5 Å². The Balaban J connectivity index is 1.21. The van der Waals surface area contributed by atoms with E-state index in [1.807, 2.05) is 0 Å². The van der Waals surface area contributed by atoms with Crippen molar-refractivity contribution < 1.29 is 42.3 Å². The normalized spacial score (nSPS) is 26.8. The molecule has 2 fully saturated rings. The van der Waals surface area contributed by atoms with Gasteiger partial charge in [-0.2, -0.15) is 4.98 Å². The standard InChI is InChI=1S/C20H28N8O10P2/c21-14-3-4-27(20(29)26-14)16-5-11(13(38-16)7-36-40(32,33)34)8-39(30,31)35-6-12-1-2-15(37-12)28-10-25-17-18(22)23-9-24-19(17)28/h3-4,9-13,15-16H,1-2,5-8H2,(H,30,31)(H2,21,26,29)(H2,22,23,24)(H2,32,33,34)/t11-,12+,13-,15-,16-/m1/s1. The molecule has 40 heavy (non-hydrogen) atoms. The fraction of sp³-hybridized carbons (Fsp3) is 0.550. The zero-order chi connectivity index (χ0) is 28.7. The van der Waals surface area contributed by atoms with Crippen molar-refractivity contribution in [2.45, 2.75) is 43.9 Å². The highest BCUT2D eigenvalue weighted by Crippen LogP contribution is 2.50. The summed E-state index contributed by atoms with van der Waals surface area (Å²) in [4.78, 5) is 57.1. The van der Waals surface area contributed by atoms with Gasteiger partial charge in [-0.05, 0) is 25.3 Å². The second kappa shape index (κ2) is 11.2. The summed E-state index contributed by atoms with van der Waals surface area (Å²) in [5, 5.41) is 0. The van der Waals surface area contributed by atoms with Crippen molar-refractivity contribution in [3.8, 4) is 0 Å². The Morgan fingerprint density at radius 2 is 1.82 bits per heavy atom. The molecule has 0 aliphatic carbocycles. The van der Waals surface area contributed by atoms with Crippen LogP contribution in [0.3, 0.4) is 0 Å². The van der Waals surface area contributed by atoms with Crippen LogP contribution in [0.15, 0.2) is 29.7 Å². The largest absolute Gasteiger partial charge is 0.469 e. The number of phosphoric ester groups is 1. The number of anilines is 2. The Labute approximate surface area is 226 Å². The van der Waals surface area contributed by atoms with Gasteiger partial charge in [-0.15, -0.1) is 0 Å². The van der Waals surface area contributed by atoms with Crippen LogP contribution >= 0.6 is 15.4 Å². The van der Waals surface area contributed by atoms with Gasteiger partial charge in [0.25, 0.3) is 0 Å². The lowest BCUT2D eigenvalue weighted by Gasteiger charge is -2.22. The molecule has 1 unspecified atom stereocenters. The van der Waals surface area contributed by atoms with Crippen molar-refractivity contribution >= 4 is 38.2 Å². The molecule has 0 amide bonds. The number of nitrogens with zero attached hydrogens (tertiary/aromatic N) is 6. The number of aromatic nitrogens is 6. The number of hydrogen-bond donors (Lipinski definition) is 5. The third-order valence-corrected chi connectivity index (χ3v) is 8.61. The predicted octanol–water partition coefficient (Wildman–Crippen LogP) is 0.140. The molecule has 0 radical (unpaired) electrons. The van der Waals surface area contributed by atoms with E-state index >= 15 is 0 Å². The molecular weight excluding hydrogens is 574 g/mol. The van der Waals surface area contributed by atoms with Crippen LogP contribution in [0.2, 0.25) is 0 Å². The van der Waals surface area contributed by atoms with Gasteiger partial charge < -0.3 is 40.1 Å². The molecule has 5 heterocycles. The number of hydrogen-bond acceptors (Lipinski definition) is 13. The molecule has 6 atom stereocenters. The molecule has 218 valence electrons. The minimum absolute atomic E-state index is 0.000404. The molecule has 20 heteroatoms. The van der Waals surface area contributed by atoms with Gasteiger partial charge in [0.2, 0.25) is 0 Å². The van der Waals surface area contributed by atoms with Crippen LogP contribution in [0.4, 0.5) is 11.6 Å². The number of rotatable bonds is 10. The molecule has 2 saturated heterocycles. The Morgan fingerprint density at radius 1 is 1.02 bits per heavy atom. The zero-order valence-corrected chi connectivity index (χ0v) is 22.7. The predicted molar refractivity (Wildman–Crippen MR) is 136 cm³/mol. The molecule has 7 N–H and O–H groups in total. The first kappa shape index (κ1) is 28.7. The molecule has 0 bridgehead atoms. The number of nitrogens with two attached hydrogens (primary N) is 2. The molecular formula is C20H28N8O10P2. The quantitative estimate of drug-likeness (QED) is 0.193. The minimum atomic E-state index is -4.85. The molecule has 0 saturated carbocycles. The molecule has 18 nitrogen and oxygen atoms in total. The first-order chi connectivity index (χ1) is 18.9. The van der Waals surface area contributed by atoms with E-state index in [-0.39, 0.29) is 24.7 Å². The lowest BCUT2D eigenvalue weighted by atomic mass is 10.0. The van der Waals surface area contributed by atoms with E-state index in [1.165, 1.54) is 18.6 Å². The molecule has 3 aromatic rings. The Bertz CT molecular complexity index is 1530. The second-order valence-electron chi connectivity index (χ2n) is 9.44. The van der Waals surface area contributed by atoms with Crippen molar-refractivity contribution in [1.29, 1.82) is 0 Å². The van der Waals surface area contributed by atoms with Crippen LogP contribution in [-0.2, 0) is 27.7 Å². The van der Waals surface area contributed by atoms with Crippen molar-refractivity contribution in [3.05, 3.63) is 35.4 Å². The monoisotopic (exact) mass is 602 g/mol. The highest BCUT2D eigenvalue weighted by molar-refractivity contribution is 7.52. The molecule has 2 aliphatic heterocycles. The van der Waals surface area contributed by atoms with Crippen LogP contribution < -0.4 is 17.2 Å². The van der Waals surface area contributed by atoms with Gasteiger partial charge in [0.1, 0.15) is 30.1 Å². The van der Waals surface area contributed by atoms with E-state index in [4.69, 9.17) is 35.3 Å². The van der Waals surface area contributed by atoms with Crippen molar-refractivity contribution in [2.24, 2.45) is 5.92 Å². The highest BCUT2D eigenvalue weighted by atomic mass is 31.2. The van der Waals surface area contributed by atoms with Gasteiger partial charge in [0.05, 0.1) is 37.9 Å². The van der Waals surface area contributed by atoms with Gasteiger partial charge in [0.15, 0.2) is 11.5 Å². The maximum absolute atomic E-state index is 13.0. The summed E-state index contributed by atoms with van der Waals surface area (Å²) in [6, 6.07) is 1.38. The molecule has 5 rings (SSSR count). The molecule has 0 spiro atoms. The lowest BCUT2D eigenvalue weighted by molar-refractivity contribution is -0.0313. The van der Waals surface area contributed by atoms with Gasteiger partial charge >= 0.3 is 21.1 Å². The SMILES string of the molecule is Nc1ccn([C@H]2C[C@H](CP(=O)(O)OC[C@@H]3CC[C@H](n4cnc5c(N)ncnc54)O3)[C@@H](COP(=O)(O)O)O2)c(=O)n1. The first-order valence-corrected chi connectivity index (χ1v) is 15.4. The number of fused-ring (bicyclic) bond motifs is 1. The summed E-state index contributed by atoms with van der Waals surface area (Å²) in [6.45, 7) is -0.765. The van der Waals surface area contributed by atoms with Gasteiger partial charge in [-0.25, -0.2) is 24.3 Å². The summed E-state index contributed by atoms with van der Waals surface area (Å²) in [5.41, 5.74) is 11.6. The first-order valence-electron chi connectivity index (χ1n) is 12.1. The van der Waals surface area contributed by atoms with E-state index in [2.05, 4.69) is 24.5 Å². The Kier molecular flexibility index (Phi) is 8.07. The smallest absolute Gasteiger partial charge is 0.383 e. The van der Waals surface area contributed by atoms with Crippen molar-refractivity contribution in [2.75, 3.05) is 30.8 Å². The van der Waals surface area contributed by atoms with E-state index in [0.29, 0.717) is 24.0 Å². The van der Waals surface area contributed by atoms with Crippen LogP contribution in [0.1, 0.15) is 31.7 Å². The fourth-order valence-corrected chi connectivity index (χ4v) is 6.61. The summed E-state index contributed by atoms with van der Waals surface area (Å²) >= 11 is 0. The maximum atomic E-state index is 13.0. The summed E-state index contributed by atoms with van der Waals surface area (Å²) in [6.07, 6.45) is 2.06. The van der Waals surface area contributed by atoms with Gasteiger partial charge in [0, 0.05) is 12.1 Å². The number of nitrogen functional groups attached to an aromatic ring is 2. The van der Waals surface area contributed by atoms with Crippen LogP contribution in [0.25, 0.3) is 11.2 Å². The van der Waals surface area contributed by atoms with Gasteiger partial charge in [-0.1, -0.05) is 0 Å². The summed E-state index contributed by atoms with van der Waals surface area (Å²) < 4.78 is 48.9. The zero-order valence-electron chi connectivity index (χ0n) is 20.9. The van der Waals surface area contributed by atoms with E-state index in [9.17, 15) is 18.8 Å². The van der Waals surface area contributed by atoms with Gasteiger partial charge in [-0.3, -0.25) is 18.2 Å².